The van der Waals surface area contributed by atoms with Crippen molar-refractivity contribution >= 4 is 40.5 Å². The summed E-state index contributed by atoms with van der Waals surface area (Å²) in [4.78, 5) is 14.1. The Morgan fingerprint density at radius 2 is 0.812 bits per heavy atom. The van der Waals surface area contributed by atoms with Crippen LogP contribution >= 0.6 is 7.14 Å². The minimum Gasteiger partial charge on any atom is -0.309 e. The lowest BCUT2D eigenvalue weighted by Gasteiger charge is -2.22. The van der Waals surface area contributed by atoms with Gasteiger partial charge in [-0.2, -0.15) is 0 Å². The molecule has 7 rings (SSSR count). The average Bonchev–Trinajstić information content (AvgIpc) is 3.18. The molecular weight excluding hydrogens is 603 g/mol. The molecule has 0 saturated heterocycles. The second-order valence-electron chi connectivity index (χ2n) is 11.7. The summed E-state index contributed by atoms with van der Waals surface area (Å²) < 4.78 is 15.6. The van der Waals surface area contributed by atoms with Gasteiger partial charge in [-0.1, -0.05) is 176 Å². The first-order valence-corrected chi connectivity index (χ1v) is 17.7. The van der Waals surface area contributed by atoms with E-state index >= 15 is 4.57 Å². The smallest absolute Gasteiger partial charge is 0.193 e. The van der Waals surface area contributed by atoms with Crippen LogP contribution in [0.1, 0.15) is 21.5 Å². The van der Waals surface area contributed by atoms with Crippen LogP contribution in [0.15, 0.2) is 194 Å². The largest absolute Gasteiger partial charge is 0.309 e. The molecule has 0 radical (unpaired) electrons. The van der Waals surface area contributed by atoms with Gasteiger partial charge in [-0.05, 0) is 57.7 Å². The zero-order valence-corrected chi connectivity index (χ0v) is 27.2. The van der Waals surface area contributed by atoms with E-state index in [-0.39, 0.29) is 5.78 Å². The van der Waals surface area contributed by atoms with Gasteiger partial charge in [0.25, 0.3) is 0 Å². The fraction of sp³-hybridized carbons (Fsp3) is 0. The standard InChI is InChI=1S/C45H33O2P/c46-45(39-20-10-3-11-21-39)44(38-18-8-2-9-19-38)32-34-30-40(37-28-26-36(27-29-37)35-16-6-1-7-17-35)33-43(31-34)48(47,41-22-12-4-13-23-41)42-24-14-5-15-25-42/h1-33H/b44-32+. The van der Waals surface area contributed by atoms with Crippen LogP contribution in [-0.4, -0.2) is 5.78 Å². The second kappa shape index (κ2) is 13.9. The number of rotatable bonds is 9. The van der Waals surface area contributed by atoms with E-state index in [0.717, 1.165) is 44.0 Å². The lowest BCUT2D eigenvalue weighted by molar-refractivity contribution is 0.105. The number of Topliss-reactive ketones (excluding diaryl/α,β-unsaturated/α-hetero) is 1. The molecule has 7 aromatic rings. The first-order chi connectivity index (χ1) is 23.6. The topological polar surface area (TPSA) is 34.1 Å². The summed E-state index contributed by atoms with van der Waals surface area (Å²) in [6.07, 6.45) is 1.94. The first kappa shape index (κ1) is 30.8. The highest BCUT2D eigenvalue weighted by atomic mass is 31.2. The van der Waals surface area contributed by atoms with Crippen LogP contribution in [0.4, 0.5) is 0 Å². The van der Waals surface area contributed by atoms with Gasteiger partial charge in [0.05, 0.1) is 0 Å². The Labute approximate surface area is 282 Å². The molecule has 0 aromatic heterocycles. The van der Waals surface area contributed by atoms with Crippen molar-refractivity contribution in [3.05, 3.63) is 211 Å². The van der Waals surface area contributed by atoms with Gasteiger partial charge in [-0.3, -0.25) is 4.79 Å². The van der Waals surface area contributed by atoms with E-state index in [0.29, 0.717) is 16.4 Å². The van der Waals surface area contributed by atoms with Crippen molar-refractivity contribution < 1.29 is 9.36 Å². The molecule has 3 heteroatoms. The van der Waals surface area contributed by atoms with Gasteiger partial charge < -0.3 is 4.57 Å². The summed E-state index contributed by atoms with van der Waals surface area (Å²) in [7, 11) is -3.32. The molecule has 7 aromatic carbocycles. The third kappa shape index (κ3) is 6.40. The number of allylic oxidation sites excluding steroid dienone is 1. The number of ketones is 1. The summed E-state index contributed by atoms with van der Waals surface area (Å²) in [5.41, 5.74) is 6.98. The Morgan fingerprint density at radius 3 is 1.33 bits per heavy atom. The Kier molecular flexibility index (Phi) is 8.92. The van der Waals surface area contributed by atoms with Gasteiger partial charge in [-0.15, -0.1) is 0 Å². The molecule has 48 heavy (non-hydrogen) atoms. The molecule has 0 aliphatic rings. The first-order valence-electron chi connectivity index (χ1n) is 16.0. The van der Waals surface area contributed by atoms with Crippen molar-refractivity contribution in [1.82, 2.24) is 0 Å². The molecule has 230 valence electrons. The molecule has 0 bridgehead atoms. The van der Waals surface area contributed by atoms with Gasteiger partial charge >= 0.3 is 0 Å². The van der Waals surface area contributed by atoms with Crippen LogP contribution in [0.3, 0.4) is 0 Å². The average molecular weight is 637 g/mol. The molecule has 0 aliphatic heterocycles. The van der Waals surface area contributed by atoms with Crippen LogP contribution < -0.4 is 15.9 Å². The summed E-state index contributed by atoms with van der Waals surface area (Å²) in [6.45, 7) is 0. The highest BCUT2D eigenvalue weighted by Crippen LogP contribution is 2.44. The summed E-state index contributed by atoms with van der Waals surface area (Å²) in [5.74, 6) is -0.0738. The minimum atomic E-state index is -3.32. The SMILES string of the molecule is O=C(/C(=C/c1cc(-c2ccc(-c3ccccc3)cc2)cc(P(=O)(c2ccccc2)c2ccccc2)c1)c1ccccc1)c1ccccc1. The lowest BCUT2D eigenvalue weighted by atomic mass is 9.93. The monoisotopic (exact) mass is 636 g/mol. The molecule has 0 amide bonds. The quantitative estimate of drug-likeness (QED) is 0.0684. The molecule has 0 aliphatic carbocycles. The molecule has 2 nitrogen and oxygen atoms in total. The van der Waals surface area contributed by atoms with Gasteiger partial charge in [0.15, 0.2) is 12.9 Å². The zero-order chi connectivity index (χ0) is 32.8. The van der Waals surface area contributed by atoms with Crippen LogP contribution in [0.5, 0.6) is 0 Å². The van der Waals surface area contributed by atoms with Crippen molar-refractivity contribution in [2.45, 2.75) is 0 Å². The summed E-state index contributed by atoms with van der Waals surface area (Å²) in [6, 6.07) is 63.4. The summed E-state index contributed by atoms with van der Waals surface area (Å²) >= 11 is 0. The zero-order valence-electron chi connectivity index (χ0n) is 26.3. The Morgan fingerprint density at radius 1 is 0.396 bits per heavy atom. The molecule has 0 spiro atoms. The Bertz CT molecular complexity index is 2180. The molecule has 0 saturated carbocycles. The molecular formula is C45H33O2P. The van der Waals surface area contributed by atoms with E-state index in [1.807, 2.05) is 152 Å². The molecule has 0 fully saturated rings. The van der Waals surface area contributed by atoms with E-state index in [1.54, 1.807) is 0 Å². The highest BCUT2D eigenvalue weighted by molar-refractivity contribution is 7.85. The van der Waals surface area contributed by atoms with Crippen molar-refractivity contribution in [3.8, 4) is 22.3 Å². The van der Waals surface area contributed by atoms with E-state index in [2.05, 4.69) is 48.5 Å². The molecule has 0 unspecified atom stereocenters. The van der Waals surface area contributed by atoms with Crippen LogP contribution in [0.25, 0.3) is 33.9 Å². The lowest BCUT2D eigenvalue weighted by Crippen LogP contribution is -2.25. The normalized spacial score (nSPS) is 11.6. The van der Waals surface area contributed by atoms with Crippen molar-refractivity contribution in [1.29, 1.82) is 0 Å². The summed E-state index contributed by atoms with van der Waals surface area (Å²) in [5, 5.41) is 2.22. The van der Waals surface area contributed by atoms with Crippen LogP contribution in [0, 0.1) is 0 Å². The second-order valence-corrected chi connectivity index (χ2v) is 14.4. The maximum atomic E-state index is 15.6. The maximum Gasteiger partial charge on any atom is 0.193 e. The number of carbonyl (C=O) groups excluding carboxylic acids is 1. The number of benzene rings is 7. The van der Waals surface area contributed by atoms with Crippen molar-refractivity contribution in [2.24, 2.45) is 0 Å². The predicted molar refractivity (Wildman–Crippen MR) is 202 cm³/mol. The molecule has 0 N–H and O–H groups in total. The number of hydrogen-bond donors (Lipinski definition) is 0. The van der Waals surface area contributed by atoms with E-state index in [1.165, 1.54) is 0 Å². The van der Waals surface area contributed by atoms with Crippen LogP contribution in [0.2, 0.25) is 0 Å². The predicted octanol–water partition coefficient (Wildman–Crippen LogP) is 10.1. The number of carbonyl (C=O) groups is 1. The fourth-order valence-corrected chi connectivity index (χ4v) is 8.81. The van der Waals surface area contributed by atoms with E-state index < -0.39 is 7.14 Å². The van der Waals surface area contributed by atoms with Gasteiger partial charge in [0.1, 0.15) is 0 Å². The molecule has 0 heterocycles. The Hall–Kier alpha value is -5.82. The van der Waals surface area contributed by atoms with E-state index in [4.69, 9.17) is 0 Å². The third-order valence-electron chi connectivity index (χ3n) is 8.55. The van der Waals surface area contributed by atoms with Gasteiger partial charge in [0.2, 0.25) is 0 Å². The van der Waals surface area contributed by atoms with Crippen molar-refractivity contribution in [2.75, 3.05) is 0 Å². The minimum absolute atomic E-state index is 0.0738. The fourth-order valence-electron chi connectivity index (χ4n) is 6.08. The maximum absolute atomic E-state index is 15.6. The Balaban J connectivity index is 1.46. The molecule has 0 atom stereocenters. The highest BCUT2D eigenvalue weighted by Gasteiger charge is 2.30. The van der Waals surface area contributed by atoms with Crippen LogP contribution in [-0.2, 0) is 4.57 Å². The van der Waals surface area contributed by atoms with E-state index in [9.17, 15) is 4.79 Å². The van der Waals surface area contributed by atoms with Gasteiger partial charge in [-0.25, -0.2) is 0 Å². The van der Waals surface area contributed by atoms with Crippen molar-refractivity contribution in [3.63, 3.8) is 0 Å². The number of hydrogen-bond acceptors (Lipinski definition) is 2. The third-order valence-corrected chi connectivity index (χ3v) is 11.6. The van der Waals surface area contributed by atoms with Gasteiger partial charge in [0, 0.05) is 27.1 Å².